The summed E-state index contributed by atoms with van der Waals surface area (Å²) in [5.74, 6) is 2.10. The molecule has 2 heterocycles. The molecule has 0 spiro atoms. The highest BCUT2D eigenvalue weighted by Gasteiger charge is 2.29. The van der Waals surface area contributed by atoms with Crippen molar-refractivity contribution in [1.82, 2.24) is 0 Å². The van der Waals surface area contributed by atoms with E-state index in [9.17, 15) is 0 Å². The van der Waals surface area contributed by atoms with Gasteiger partial charge in [0.15, 0.2) is 0 Å². The molecule has 0 aliphatic carbocycles. The smallest absolute Gasteiger partial charge is 0.0708 e. The van der Waals surface area contributed by atoms with Gasteiger partial charge in [0, 0.05) is 21.3 Å². The van der Waals surface area contributed by atoms with E-state index in [0.29, 0.717) is 0 Å². The van der Waals surface area contributed by atoms with Crippen LogP contribution in [0.25, 0.3) is 0 Å². The topological polar surface area (TPSA) is 0 Å². The van der Waals surface area contributed by atoms with Gasteiger partial charge in [-0.15, -0.1) is 23.5 Å². The second-order valence-corrected chi connectivity index (χ2v) is 13.9. The van der Waals surface area contributed by atoms with E-state index < -0.39 is 0 Å². The Balaban J connectivity index is 1.40. The summed E-state index contributed by atoms with van der Waals surface area (Å²) in [6.07, 6.45) is 2.23. The molecule has 30 heavy (non-hydrogen) atoms. The third-order valence-electron chi connectivity index (χ3n) is 4.49. The van der Waals surface area contributed by atoms with E-state index in [1.54, 1.807) is 0 Å². The van der Waals surface area contributed by atoms with E-state index in [1.807, 2.05) is 70.6 Å². The molecule has 2 aliphatic rings. The van der Waals surface area contributed by atoms with Crippen LogP contribution < -0.4 is 0 Å². The maximum Gasteiger partial charge on any atom is 0.0708 e. The van der Waals surface area contributed by atoms with Crippen LogP contribution in [0.4, 0.5) is 0 Å². The normalized spacial score (nSPS) is 19.3. The van der Waals surface area contributed by atoms with Gasteiger partial charge in [-0.05, 0) is 24.0 Å². The van der Waals surface area contributed by atoms with Crippen LogP contribution in [0.3, 0.4) is 0 Å². The number of thioether (sulfide) groups is 6. The van der Waals surface area contributed by atoms with Crippen molar-refractivity contribution in [3.8, 4) is 0 Å². The van der Waals surface area contributed by atoms with Crippen LogP contribution in [0.2, 0.25) is 0 Å². The van der Waals surface area contributed by atoms with Gasteiger partial charge in [0.1, 0.15) is 0 Å². The highest BCUT2D eigenvalue weighted by molar-refractivity contribution is 8.40. The fourth-order valence-corrected chi connectivity index (χ4v) is 11.8. The number of benzene rings is 2. The molecule has 0 atom stereocenters. The molecule has 2 aromatic rings. The molecule has 0 amide bonds. The third-order valence-corrected chi connectivity index (χ3v) is 13.6. The molecule has 0 saturated carbocycles. The van der Waals surface area contributed by atoms with Gasteiger partial charge in [-0.2, -0.15) is 0 Å². The van der Waals surface area contributed by atoms with Crippen molar-refractivity contribution in [1.29, 1.82) is 0 Å². The molecule has 0 saturated heterocycles. The van der Waals surface area contributed by atoms with Gasteiger partial charge < -0.3 is 0 Å². The van der Waals surface area contributed by atoms with Crippen molar-refractivity contribution >= 4 is 70.6 Å². The van der Waals surface area contributed by atoms with E-state index >= 15 is 0 Å². The first-order chi connectivity index (χ1) is 14.8. The van der Waals surface area contributed by atoms with Crippen LogP contribution in [0.15, 0.2) is 87.4 Å². The lowest BCUT2D eigenvalue weighted by atomic mass is 10.2. The number of hydrogen-bond donors (Lipinski definition) is 0. The Hall–Kier alpha value is -0.240. The molecule has 0 nitrogen and oxygen atoms in total. The SMILES string of the molecule is CCC1=C(SCc2ccccc2)S/C(=C2/SC(CC)=C(SCc3ccccc3)S2)S1. The molecule has 0 unspecified atom stereocenters. The van der Waals surface area contributed by atoms with Crippen molar-refractivity contribution < 1.29 is 0 Å². The molecular weight excluding hydrogens is 481 g/mol. The van der Waals surface area contributed by atoms with Crippen molar-refractivity contribution in [2.24, 2.45) is 0 Å². The zero-order valence-electron chi connectivity index (χ0n) is 17.1. The maximum absolute atomic E-state index is 2.28. The summed E-state index contributed by atoms with van der Waals surface area (Å²) >= 11 is 12.0. The van der Waals surface area contributed by atoms with Gasteiger partial charge in [-0.3, -0.25) is 0 Å². The monoisotopic (exact) mass is 504 g/mol. The lowest BCUT2D eigenvalue weighted by molar-refractivity contribution is 1.20. The standard InChI is InChI=1S/C24H24S6/c1-3-19-21(25-15-17-11-7-5-8-12-17)29-23(27-19)24-28-20(4-2)22(30-24)26-16-18-13-9-6-10-14-18/h5-14H,3-4,15-16H2,1-2H3/b24-23-. The average molecular weight is 505 g/mol. The predicted molar refractivity (Wildman–Crippen MR) is 147 cm³/mol. The first-order valence-corrected chi connectivity index (χ1v) is 15.3. The average Bonchev–Trinajstić information content (AvgIpc) is 3.41. The minimum Gasteiger partial charge on any atom is -0.113 e. The lowest BCUT2D eigenvalue weighted by Gasteiger charge is -2.04. The summed E-state index contributed by atoms with van der Waals surface area (Å²) in [7, 11) is 0. The van der Waals surface area contributed by atoms with Gasteiger partial charge in [0.25, 0.3) is 0 Å². The minimum absolute atomic E-state index is 1.05. The lowest BCUT2D eigenvalue weighted by Crippen LogP contribution is -1.79. The van der Waals surface area contributed by atoms with E-state index in [1.165, 1.54) is 37.9 Å². The molecule has 2 aliphatic heterocycles. The highest BCUT2D eigenvalue weighted by atomic mass is 32.2. The van der Waals surface area contributed by atoms with Gasteiger partial charge in [-0.25, -0.2) is 0 Å². The fourth-order valence-electron chi connectivity index (χ4n) is 2.90. The van der Waals surface area contributed by atoms with E-state index in [2.05, 4.69) is 74.5 Å². The van der Waals surface area contributed by atoms with Crippen LogP contribution in [0.5, 0.6) is 0 Å². The molecule has 6 heteroatoms. The Labute approximate surface area is 206 Å². The molecule has 0 fully saturated rings. The molecule has 0 bridgehead atoms. The Morgan fingerprint density at radius 1 is 0.567 bits per heavy atom. The van der Waals surface area contributed by atoms with Gasteiger partial charge >= 0.3 is 0 Å². The first-order valence-electron chi connectivity index (χ1n) is 10.0. The van der Waals surface area contributed by atoms with E-state index in [4.69, 9.17) is 0 Å². The van der Waals surface area contributed by atoms with E-state index in [0.717, 1.165) is 24.3 Å². The van der Waals surface area contributed by atoms with Gasteiger partial charge in [-0.1, -0.05) is 122 Å². The van der Waals surface area contributed by atoms with Gasteiger partial charge in [0.2, 0.25) is 0 Å². The largest absolute Gasteiger partial charge is 0.113 e. The Kier molecular flexibility index (Phi) is 8.85. The fraction of sp³-hybridized carbons (Fsp3) is 0.250. The summed E-state index contributed by atoms with van der Waals surface area (Å²) in [6.45, 7) is 4.57. The Bertz CT molecular complexity index is 880. The molecule has 0 N–H and O–H groups in total. The Morgan fingerprint density at radius 3 is 1.33 bits per heavy atom. The van der Waals surface area contributed by atoms with E-state index in [-0.39, 0.29) is 0 Å². The Morgan fingerprint density at radius 2 is 0.967 bits per heavy atom. The van der Waals surface area contributed by atoms with Crippen molar-refractivity contribution in [3.05, 3.63) is 98.5 Å². The summed E-state index contributed by atoms with van der Waals surface area (Å²) in [5.41, 5.74) is 2.80. The summed E-state index contributed by atoms with van der Waals surface area (Å²) in [6, 6.07) is 21.6. The zero-order valence-corrected chi connectivity index (χ0v) is 22.0. The first kappa shape index (κ1) is 22.9. The second-order valence-electron chi connectivity index (χ2n) is 6.66. The highest BCUT2D eigenvalue weighted by Crippen LogP contribution is 2.64. The van der Waals surface area contributed by atoms with Crippen LogP contribution in [0, 0.1) is 0 Å². The van der Waals surface area contributed by atoms with Crippen LogP contribution in [-0.2, 0) is 11.5 Å². The third kappa shape index (κ3) is 5.96. The summed E-state index contributed by atoms with van der Waals surface area (Å²) < 4.78 is 5.97. The van der Waals surface area contributed by atoms with Crippen LogP contribution in [-0.4, -0.2) is 0 Å². The minimum atomic E-state index is 1.05. The predicted octanol–water partition coefficient (Wildman–Crippen LogP) is 10.1. The number of rotatable bonds is 8. The van der Waals surface area contributed by atoms with Crippen molar-refractivity contribution in [2.45, 2.75) is 38.2 Å². The molecule has 0 radical (unpaired) electrons. The van der Waals surface area contributed by atoms with Gasteiger partial charge in [0.05, 0.1) is 16.9 Å². The van der Waals surface area contributed by atoms with Crippen molar-refractivity contribution in [2.75, 3.05) is 0 Å². The zero-order chi connectivity index (χ0) is 20.8. The number of allylic oxidation sites excluding steroid dienone is 2. The summed E-state index contributed by atoms with van der Waals surface area (Å²) in [5, 5.41) is 0. The quantitative estimate of drug-likeness (QED) is 0.348. The summed E-state index contributed by atoms with van der Waals surface area (Å²) in [4.78, 5) is 3.07. The molecule has 0 aromatic heterocycles. The maximum atomic E-state index is 2.28. The number of hydrogen-bond acceptors (Lipinski definition) is 6. The second kappa shape index (κ2) is 11.6. The van der Waals surface area contributed by atoms with Crippen LogP contribution >= 0.6 is 70.6 Å². The van der Waals surface area contributed by atoms with Crippen molar-refractivity contribution in [3.63, 3.8) is 0 Å². The molecule has 2 aromatic carbocycles. The molecule has 156 valence electrons. The molecular formula is C24H24S6. The van der Waals surface area contributed by atoms with Crippen LogP contribution in [0.1, 0.15) is 37.8 Å². The molecule has 4 rings (SSSR count).